The summed E-state index contributed by atoms with van der Waals surface area (Å²) in [4.78, 5) is 22.3. The minimum atomic E-state index is -0.480. The summed E-state index contributed by atoms with van der Waals surface area (Å²) in [5, 5.41) is 13.3. The van der Waals surface area contributed by atoms with Crippen LogP contribution in [0.4, 0.5) is 11.4 Å². The van der Waals surface area contributed by atoms with Crippen molar-refractivity contribution in [2.75, 3.05) is 11.9 Å². The van der Waals surface area contributed by atoms with Crippen LogP contribution in [0.1, 0.15) is 43.0 Å². The number of carbonyl (C=O) groups is 1. The third-order valence-corrected chi connectivity index (χ3v) is 3.72. The van der Waals surface area contributed by atoms with Gasteiger partial charge in [0.25, 0.3) is 11.6 Å². The van der Waals surface area contributed by atoms with E-state index >= 15 is 0 Å². The average Bonchev–Trinajstić information content (AvgIpc) is 2.62. The number of benzene rings is 2. The normalized spacial score (nSPS) is 10.3. The van der Waals surface area contributed by atoms with Gasteiger partial charge in [0, 0.05) is 23.4 Å². The maximum Gasteiger partial charge on any atom is 0.269 e. The zero-order chi connectivity index (χ0) is 18.1. The largest absolute Gasteiger partial charge is 0.494 e. The molecule has 0 fully saturated rings. The minimum absolute atomic E-state index is 0.0153. The average molecular weight is 342 g/mol. The molecular formula is C19H22N2O4. The second-order valence-electron chi connectivity index (χ2n) is 5.69. The second-order valence-corrected chi connectivity index (χ2v) is 5.69. The molecule has 1 N–H and O–H groups in total. The summed E-state index contributed by atoms with van der Waals surface area (Å²) in [5.41, 5.74) is 0.988. The van der Waals surface area contributed by atoms with Crippen molar-refractivity contribution in [2.24, 2.45) is 0 Å². The van der Waals surface area contributed by atoms with Gasteiger partial charge in [0.15, 0.2) is 0 Å². The SMILES string of the molecule is CCCCCCOc1ccc(C(=O)Nc2ccc([N+](=O)[O-])cc2)cc1. The van der Waals surface area contributed by atoms with Crippen LogP contribution < -0.4 is 10.1 Å². The van der Waals surface area contributed by atoms with Crippen molar-refractivity contribution in [2.45, 2.75) is 32.6 Å². The Morgan fingerprint density at radius 2 is 1.72 bits per heavy atom. The maximum absolute atomic E-state index is 12.2. The van der Waals surface area contributed by atoms with Gasteiger partial charge in [0.05, 0.1) is 11.5 Å². The van der Waals surface area contributed by atoms with E-state index in [4.69, 9.17) is 4.74 Å². The van der Waals surface area contributed by atoms with Crippen LogP contribution in [-0.4, -0.2) is 17.4 Å². The summed E-state index contributed by atoms with van der Waals surface area (Å²) in [6.07, 6.45) is 4.59. The molecular weight excluding hydrogens is 320 g/mol. The van der Waals surface area contributed by atoms with Crippen molar-refractivity contribution >= 4 is 17.3 Å². The molecule has 0 atom stereocenters. The molecule has 2 aromatic carbocycles. The van der Waals surface area contributed by atoms with Gasteiger partial charge in [0.1, 0.15) is 5.75 Å². The number of ether oxygens (including phenoxy) is 1. The third-order valence-electron chi connectivity index (χ3n) is 3.72. The first kappa shape index (κ1) is 18.4. The van der Waals surface area contributed by atoms with Crippen LogP contribution in [0.5, 0.6) is 5.75 Å². The number of non-ortho nitro benzene ring substituents is 1. The number of carbonyl (C=O) groups excluding carboxylic acids is 1. The van der Waals surface area contributed by atoms with Crippen molar-refractivity contribution in [3.05, 3.63) is 64.2 Å². The molecule has 0 bridgehead atoms. The number of nitro benzene ring substituents is 1. The van der Waals surface area contributed by atoms with Gasteiger partial charge in [0.2, 0.25) is 0 Å². The molecule has 6 nitrogen and oxygen atoms in total. The van der Waals surface area contributed by atoms with E-state index in [9.17, 15) is 14.9 Å². The Kier molecular flexibility index (Phi) is 6.95. The van der Waals surface area contributed by atoms with E-state index in [1.165, 1.54) is 37.1 Å². The van der Waals surface area contributed by atoms with E-state index < -0.39 is 4.92 Å². The van der Waals surface area contributed by atoms with Crippen molar-refractivity contribution in [1.82, 2.24) is 0 Å². The summed E-state index contributed by atoms with van der Waals surface area (Å²) in [7, 11) is 0. The maximum atomic E-state index is 12.2. The highest BCUT2D eigenvalue weighted by Gasteiger charge is 2.08. The van der Waals surface area contributed by atoms with Gasteiger partial charge in [-0.25, -0.2) is 0 Å². The number of nitrogens with one attached hydrogen (secondary N) is 1. The third kappa shape index (κ3) is 5.91. The molecule has 25 heavy (non-hydrogen) atoms. The Bertz CT molecular complexity index is 696. The van der Waals surface area contributed by atoms with Crippen LogP contribution >= 0.6 is 0 Å². The Hall–Kier alpha value is -2.89. The Labute approximate surface area is 147 Å². The lowest BCUT2D eigenvalue weighted by molar-refractivity contribution is -0.384. The van der Waals surface area contributed by atoms with Gasteiger partial charge >= 0.3 is 0 Å². The van der Waals surface area contributed by atoms with E-state index in [2.05, 4.69) is 12.2 Å². The standard InChI is InChI=1S/C19H22N2O4/c1-2-3-4-5-14-25-18-12-6-15(7-13-18)19(22)20-16-8-10-17(11-9-16)21(23)24/h6-13H,2-5,14H2,1H3,(H,20,22). The van der Waals surface area contributed by atoms with E-state index in [1.807, 2.05) is 0 Å². The zero-order valence-corrected chi connectivity index (χ0v) is 14.2. The smallest absolute Gasteiger partial charge is 0.269 e. The molecule has 0 heterocycles. The number of unbranched alkanes of at least 4 members (excludes halogenated alkanes) is 3. The van der Waals surface area contributed by atoms with E-state index in [1.54, 1.807) is 24.3 Å². The number of rotatable bonds is 9. The molecule has 0 aliphatic carbocycles. The van der Waals surface area contributed by atoms with Gasteiger partial charge in [-0.05, 0) is 42.8 Å². The van der Waals surface area contributed by atoms with Crippen LogP contribution in [0.15, 0.2) is 48.5 Å². The molecule has 6 heteroatoms. The number of hydrogen-bond acceptors (Lipinski definition) is 4. The van der Waals surface area contributed by atoms with Crippen LogP contribution in [0.25, 0.3) is 0 Å². The quantitative estimate of drug-likeness (QED) is 0.403. The summed E-state index contributed by atoms with van der Waals surface area (Å²) < 4.78 is 5.65. The first-order valence-electron chi connectivity index (χ1n) is 8.39. The molecule has 0 aliphatic rings. The van der Waals surface area contributed by atoms with Crippen LogP contribution in [-0.2, 0) is 0 Å². The van der Waals surface area contributed by atoms with E-state index in [0.717, 1.165) is 18.6 Å². The summed E-state index contributed by atoms with van der Waals surface area (Å²) in [6.45, 7) is 2.84. The fourth-order valence-electron chi connectivity index (χ4n) is 2.29. The molecule has 132 valence electrons. The van der Waals surface area contributed by atoms with E-state index in [0.29, 0.717) is 17.9 Å². The lowest BCUT2D eigenvalue weighted by atomic mass is 10.2. The summed E-state index contributed by atoms with van der Waals surface area (Å²) in [6, 6.07) is 12.6. The molecule has 0 aromatic heterocycles. The highest BCUT2D eigenvalue weighted by molar-refractivity contribution is 6.04. The van der Waals surface area contributed by atoms with E-state index in [-0.39, 0.29) is 11.6 Å². The first-order valence-corrected chi connectivity index (χ1v) is 8.39. The van der Waals surface area contributed by atoms with Crippen LogP contribution in [0, 0.1) is 10.1 Å². The fraction of sp³-hybridized carbons (Fsp3) is 0.316. The van der Waals surface area contributed by atoms with Gasteiger partial charge in [-0.2, -0.15) is 0 Å². The number of hydrogen-bond donors (Lipinski definition) is 1. The monoisotopic (exact) mass is 342 g/mol. The molecule has 0 radical (unpaired) electrons. The summed E-state index contributed by atoms with van der Waals surface area (Å²) >= 11 is 0. The second kappa shape index (κ2) is 9.42. The highest BCUT2D eigenvalue weighted by Crippen LogP contribution is 2.17. The lowest BCUT2D eigenvalue weighted by Crippen LogP contribution is -2.11. The number of amides is 1. The number of nitro groups is 1. The molecule has 0 saturated heterocycles. The van der Waals surface area contributed by atoms with Crippen molar-refractivity contribution < 1.29 is 14.5 Å². The van der Waals surface area contributed by atoms with Gasteiger partial charge in [-0.15, -0.1) is 0 Å². The van der Waals surface area contributed by atoms with Crippen molar-refractivity contribution in [3.8, 4) is 5.75 Å². The van der Waals surface area contributed by atoms with Crippen molar-refractivity contribution in [3.63, 3.8) is 0 Å². The fourth-order valence-corrected chi connectivity index (χ4v) is 2.29. The van der Waals surface area contributed by atoms with Gasteiger partial charge in [-0.1, -0.05) is 26.2 Å². The Balaban J connectivity index is 1.86. The van der Waals surface area contributed by atoms with Gasteiger partial charge in [-0.3, -0.25) is 14.9 Å². The lowest BCUT2D eigenvalue weighted by Gasteiger charge is -2.08. The molecule has 2 rings (SSSR count). The number of nitrogens with zero attached hydrogens (tertiary/aromatic N) is 1. The van der Waals surface area contributed by atoms with Gasteiger partial charge < -0.3 is 10.1 Å². The Morgan fingerprint density at radius 1 is 1.04 bits per heavy atom. The molecule has 0 aliphatic heterocycles. The zero-order valence-electron chi connectivity index (χ0n) is 14.2. The van der Waals surface area contributed by atoms with Crippen molar-refractivity contribution in [1.29, 1.82) is 0 Å². The molecule has 0 spiro atoms. The molecule has 1 amide bonds. The predicted octanol–water partition coefficient (Wildman–Crippen LogP) is 4.81. The predicted molar refractivity (Wildman–Crippen MR) is 97.1 cm³/mol. The molecule has 0 unspecified atom stereocenters. The number of anilines is 1. The molecule has 2 aromatic rings. The topological polar surface area (TPSA) is 81.5 Å². The first-order chi connectivity index (χ1) is 12.1. The van der Waals surface area contributed by atoms with Crippen LogP contribution in [0.2, 0.25) is 0 Å². The van der Waals surface area contributed by atoms with Crippen LogP contribution in [0.3, 0.4) is 0 Å². The molecule has 0 saturated carbocycles. The minimum Gasteiger partial charge on any atom is -0.494 e. The highest BCUT2D eigenvalue weighted by atomic mass is 16.6. The Morgan fingerprint density at radius 3 is 2.32 bits per heavy atom. The summed E-state index contributed by atoms with van der Waals surface area (Å²) in [5.74, 6) is 0.465.